The number of hydrogen-bond donors (Lipinski definition) is 1. The number of aromatic amines is 1. The smallest absolute Gasteiger partial charge is 0.343 e. The van der Waals surface area contributed by atoms with E-state index in [0.29, 0.717) is 44.1 Å². The van der Waals surface area contributed by atoms with E-state index in [-0.39, 0.29) is 30.3 Å². The van der Waals surface area contributed by atoms with Gasteiger partial charge in [0.05, 0.1) is 38.5 Å². The van der Waals surface area contributed by atoms with Crippen molar-refractivity contribution in [3.63, 3.8) is 0 Å². The second-order valence-electron chi connectivity index (χ2n) is 15.1. The first-order valence-electron chi connectivity index (χ1n) is 19.9. The number of halogens is 2. The van der Waals surface area contributed by atoms with E-state index in [1.165, 1.54) is 23.1 Å². The molecule has 0 amide bonds. The molecule has 14 heteroatoms. The van der Waals surface area contributed by atoms with Crippen LogP contribution < -0.4 is 20.2 Å². The molecule has 2 aromatic heterocycles. The zero-order valence-corrected chi connectivity index (χ0v) is 32.7. The molecule has 58 heavy (non-hydrogen) atoms. The Balaban J connectivity index is 0.827. The lowest BCUT2D eigenvalue weighted by molar-refractivity contribution is -0.0206. The predicted octanol–water partition coefficient (Wildman–Crippen LogP) is 7.00. The number of nitrogens with one attached hydrogen (secondary N) is 1. The molecule has 12 nitrogen and oxygen atoms in total. The van der Waals surface area contributed by atoms with Crippen LogP contribution in [0.5, 0.6) is 5.75 Å². The van der Waals surface area contributed by atoms with Gasteiger partial charge in [0, 0.05) is 60.7 Å². The summed E-state index contributed by atoms with van der Waals surface area (Å²) in [5, 5.41) is 8.89. The zero-order chi connectivity index (χ0) is 40.1. The van der Waals surface area contributed by atoms with Gasteiger partial charge in [-0.05, 0) is 79.9 Å². The van der Waals surface area contributed by atoms with Crippen LogP contribution in [-0.4, -0.2) is 75.0 Å². The molecule has 8 rings (SSSR count). The van der Waals surface area contributed by atoms with Crippen LogP contribution in [0.3, 0.4) is 0 Å². The molecule has 0 bridgehead atoms. The third-order valence-electron chi connectivity index (χ3n) is 11.3. The Kier molecular flexibility index (Phi) is 11.6. The third-order valence-corrected chi connectivity index (χ3v) is 11.3. The molecule has 1 N–H and O–H groups in total. The first-order valence-corrected chi connectivity index (χ1v) is 19.9. The van der Waals surface area contributed by atoms with Gasteiger partial charge in [0.25, 0.3) is 0 Å². The molecule has 6 aromatic rings. The summed E-state index contributed by atoms with van der Waals surface area (Å²) in [4.78, 5) is 24.7. The summed E-state index contributed by atoms with van der Waals surface area (Å²) in [5.41, 5.74) is 3.20. The van der Waals surface area contributed by atoms with Gasteiger partial charge in [-0.25, -0.2) is 27.9 Å². The lowest BCUT2D eigenvalue weighted by Gasteiger charge is -2.37. The summed E-state index contributed by atoms with van der Waals surface area (Å²) in [5.74, 6) is -0.0141. The SMILES string of the molecule is CC[C@@H]([C@H](C)OCc1ccccc1)n1nc(-c2ccc(N3CCN(c4ccc(OC[C@H]5CO[C@](Cn6cncn6)(c6ccc(F)cc6F)C5)cc4)CC3)cc2)[nH]c1=O. The molecule has 0 spiro atoms. The van der Waals surface area contributed by atoms with E-state index in [2.05, 4.69) is 49.1 Å². The van der Waals surface area contributed by atoms with Crippen LogP contribution in [0.2, 0.25) is 0 Å². The summed E-state index contributed by atoms with van der Waals surface area (Å²) in [7, 11) is 0. The molecular formula is C44H48F2N8O4. The van der Waals surface area contributed by atoms with Crippen LogP contribution >= 0.6 is 0 Å². The molecule has 4 aromatic carbocycles. The Hall–Kier alpha value is -5.86. The molecule has 302 valence electrons. The predicted molar refractivity (Wildman–Crippen MR) is 217 cm³/mol. The van der Waals surface area contributed by atoms with Crippen molar-refractivity contribution in [1.82, 2.24) is 29.5 Å². The minimum absolute atomic E-state index is 0.0120. The molecule has 2 saturated heterocycles. The average molecular weight is 791 g/mol. The van der Waals surface area contributed by atoms with Crippen LogP contribution in [0.15, 0.2) is 115 Å². The topological polar surface area (TPSA) is 116 Å². The van der Waals surface area contributed by atoms with Crippen molar-refractivity contribution in [2.45, 2.75) is 57.6 Å². The summed E-state index contributed by atoms with van der Waals surface area (Å²) in [6, 6.07) is 29.7. The Bertz CT molecular complexity index is 2300. The van der Waals surface area contributed by atoms with E-state index in [1.807, 2.05) is 68.4 Å². The number of H-pyrrole nitrogens is 1. The van der Waals surface area contributed by atoms with Gasteiger partial charge in [0.1, 0.15) is 35.6 Å². The number of piperazine rings is 1. The zero-order valence-electron chi connectivity index (χ0n) is 32.7. The molecular weight excluding hydrogens is 743 g/mol. The summed E-state index contributed by atoms with van der Waals surface area (Å²) in [6.07, 6.45) is 3.97. The van der Waals surface area contributed by atoms with E-state index < -0.39 is 17.2 Å². The highest BCUT2D eigenvalue weighted by atomic mass is 19.1. The molecule has 0 unspecified atom stereocenters. The van der Waals surface area contributed by atoms with Crippen molar-refractivity contribution >= 4 is 11.4 Å². The van der Waals surface area contributed by atoms with Crippen molar-refractivity contribution < 1.29 is 23.0 Å². The Morgan fingerprint density at radius 3 is 2.29 bits per heavy atom. The standard InChI is InChI=1S/C44H48F2N8O4/c1-3-41(31(2)56-25-32-7-5-4-6-8-32)54-43(55)49-42(50-54)34-9-12-36(13-10-34)51-19-21-52(22-20-51)37-14-16-38(17-15-37)57-26-33-24-44(58-27-33,28-53-30-47-29-48-53)39-18-11-35(45)23-40(39)46/h4-18,23,29-31,33,41H,3,19-22,24-28H2,1-2H3,(H,49,50,55)/t31-,33-,41-,44+/m0/s1. The molecule has 0 radical (unpaired) electrons. The molecule has 4 heterocycles. The molecule has 4 atom stereocenters. The Morgan fingerprint density at radius 1 is 0.931 bits per heavy atom. The van der Waals surface area contributed by atoms with Gasteiger partial charge in [-0.1, -0.05) is 43.3 Å². The van der Waals surface area contributed by atoms with Crippen LogP contribution in [-0.2, 0) is 28.2 Å². The first kappa shape index (κ1) is 39.0. The summed E-state index contributed by atoms with van der Waals surface area (Å²) in [6.45, 7) is 8.93. The maximum absolute atomic E-state index is 15.0. The Morgan fingerprint density at radius 2 is 1.64 bits per heavy atom. The van der Waals surface area contributed by atoms with Gasteiger partial charge in [0.15, 0.2) is 5.82 Å². The van der Waals surface area contributed by atoms with Crippen LogP contribution in [0.1, 0.15) is 43.9 Å². The maximum atomic E-state index is 15.0. The van der Waals surface area contributed by atoms with Crippen LogP contribution in [0.25, 0.3) is 11.4 Å². The fourth-order valence-corrected chi connectivity index (χ4v) is 8.11. The number of rotatable bonds is 15. The van der Waals surface area contributed by atoms with E-state index >= 15 is 4.39 Å². The van der Waals surface area contributed by atoms with E-state index in [1.54, 1.807) is 11.0 Å². The second kappa shape index (κ2) is 17.3. The number of benzene rings is 4. The van der Waals surface area contributed by atoms with Gasteiger partial charge in [-0.2, -0.15) is 5.10 Å². The van der Waals surface area contributed by atoms with E-state index in [9.17, 15) is 9.18 Å². The largest absolute Gasteiger partial charge is 0.493 e. The molecule has 0 aliphatic carbocycles. The molecule has 2 aliphatic heterocycles. The van der Waals surface area contributed by atoms with Crippen molar-refractivity contribution in [2.75, 3.05) is 49.2 Å². The number of hydrogen-bond acceptors (Lipinski definition) is 9. The van der Waals surface area contributed by atoms with Crippen LogP contribution in [0, 0.1) is 17.6 Å². The monoisotopic (exact) mass is 790 g/mol. The van der Waals surface area contributed by atoms with Gasteiger partial charge in [-0.15, -0.1) is 5.10 Å². The highest BCUT2D eigenvalue weighted by molar-refractivity contribution is 5.61. The van der Waals surface area contributed by atoms with Gasteiger partial charge < -0.3 is 24.0 Å². The normalized spacial score (nSPS) is 19.3. The van der Waals surface area contributed by atoms with Crippen molar-refractivity contribution in [2.24, 2.45) is 5.92 Å². The minimum Gasteiger partial charge on any atom is -0.493 e. The highest BCUT2D eigenvalue weighted by Gasteiger charge is 2.44. The fraction of sp³-hybridized carbons (Fsp3) is 0.364. The summed E-state index contributed by atoms with van der Waals surface area (Å²) < 4.78 is 50.5. The summed E-state index contributed by atoms with van der Waals surface area (Å²) >= 11 is 0. The highest BCUT2D eigenvalue weighted by Crippen LogP contribution is 2.42. The lowest BCUT2D eigenvalue weighted by atomic mass is 9.87. The minimum atomic E-state index is -1.02. The van der Waals surface area contributed by atoms with Gasteiger partial charge in [-0.3, -0.25) is 4.98 Å². The second-order valence-corrected chi connectivity index (χ2v) is 15.1. The van der Waals surface area contributed by atoms with Crippen LogP contribution in [0.4, 0.5) is 20.2 Å². The third kappa shape index (κ3) is 8.67. The molecule has 2 aliphatic rings. The van der Waals surface area contributed by atoms with E-state index in [4.69, 9.17) is 19.3 Å². The van der Waals surface area contributed by atoms with Crippen molar-refractivity contribution in [1.29, 1.82) is 0 Å². The number of ether oxygens (including phenoxy) is 3. The van der Waals surface area contributed by atoms with E-state index in [0.717, 1.165) is 60.5 Å². The van der Waals surface area contributed by atoms with Gasteiger partial charge in [0.2, 0.25) is 0 Å². The number of aromatic nitrogens is 6. The lowest BCUT2D eigenvalue weighted by Crippen LogP contribution is -2.46. The molecule has 0 saturated carbocycles. The quantitative estimate of drug-likeness (QED) is 0.117. The average Bonchev–Trinajstić information content (AvgIpc) is 4.02. The fourth-order valence-electron chi connectivity index (χ4n) is 8.11. The Labute approximate surface area is 336 Å². The first-order chi connectivity index (χ1) is 28.3. The number of nitrogens with zero attached hydrogens (tertiary/aromatic N) is 7. The van der Waals surface area contributed by atoms with Crippen molar-refractivity contribution in [3.8, 4) is 17.1 Å². The maximum Gasteiger partial charge on any atom is 0.343 e. The number of anilines is 2. The van der Waals surface area contributed by atoms with Crippen molar-refractivity contribution in [3.05, 3.63) is 143 Å². The molecule has 2 fully saturated rings. The van der Waals surface area contributed by atoms with Gasteiger partial charge >= 0.3 is 5.69 Å².